The van der Waals surface area contributed by atoms with Crippen molar-refractivity contribution in [3.63, 3.8) is 0 Å². The zero-order valence-corrected chi connectivity index (χ0v) is 16.2. The summed E-state index contributed by atoms with van der Waals surface area (Å²) in [7, 11) is 2.14. The van der Waals surface area contributed by atoms with Crippen molar-refractivity contribution < 1.29 is 9.34 Å². The van der Waals surface area contributed by atoms with Crippen molar-refractivity contribution in [3.05, 3.63) is 69.1 Å². The van der Waals surface area contributed by atoms with Crippen LogP contribution in [0.25, 0.3) is 27.6 Å². The van der Waals surface area contributed by atoms with Crippen molar-refractivity contribution in [2.75, 3.05) is 13.6 Å². The summed E-state index contributed by atoms with van der Waals surface area (Å²) in [6.07, 6.45) is 0.939. The number of nitro benzene ring substituents is 1. The first kappa shape index (κ1) is 17.0. The van der Waals surface area contributed by atoms with E-state index in [0.29, 0.717) is 0 Å². The van der Waals surface area contributed by atoms with Crippen molar-refractivity contribution in [2.24, 2.45) is 0 Å². The molecule has 6 heteroatoms. The third-order valence-electron chi connectivity index (χ3n) is 5.95. The highest BCUT2D eigenvalue weighted by atomic mass is 16.6. The average Bonchev–Trinajstić information content (AvgIpc) is 3.15. The Labute approximate surface area is 162 Å². The SMILES string of the molecule is Cc1oc2ccc3c(c4c(n3-c3ccc([N+](=O)[O-])cc3)CCN(C)C4)c2c1C. The second-order valence-electron chi connectivity index (χ2n) is 7.64. The third kappa shape index (κ3) is 2.31. The number of non-ortho nitro benzene ring substituents is 1. The van der Waals surface area contributed by atoms with Gasteiger partial charge in [-0.05, 0) is 56.3 Å². The Hall–Kier alpha value is -3.12. The van der Waals surface area contributed by atoms with Crippen LogP contribution in [0.5, 0.6) is 0 Å². The fraction of sp³-hybridized carbons (Fsp3) is 0.273. The molecule has 1 aliphatic heterocycles. The molecule has 0 unspecified atom stereocenters. The molecule has 28 heavy (non-hydrogen) atoms. The molecule has 0 fully saturated rings. The van der Waals surface area contributed by atoms with Gasteiger partial charge < -0.3 is 13.9 Å². The Morgan fingerprint density at radius 3 is 2.54 bits per heavy atom. The number of aryl methyl sites for hydroxylation is 2. The van der Waals surface area contributed by atoms with Crippen LogP contribution in [0.3, 0.4) is 0 Å². The number of benzene rings is 2. The topological polar surface area (TPSA) is 64.4 Å². The van der Waals surface area contributed by atoms with Gasteiger partial charge in [0.1, 0.15) is 11.3 Å². The van der Waals surface area contributed by atoms with Crippen LogP contribution in [0.2, 0.25) is 0 Å². The number of rotatable bonds is 2. The summed E-state index contributed by atoms with van der Waals surface area (Å²) in [4.78, 5) is 13.0. The predicted molar refractivity (Wildman–Crippen MR) is 109 cm³/mol. The van der Waals surface area contributed by atoms with E-state index in [-0.39, 0.29) is 10.6 Å². The summed E-state index contributed by atoms with van der Waals surface area (Å²) < 4.78 is 8.25. The van der Waals surface area contributed by atoms with E-state index in [1.807, 2.05) is 25.1 Å². The summed E-state index contributed by atoms with van der Waals surface area (Å²) in [5.74, 6) is 0.948. The number of hydrogen-bond acceptors (Lipinski definition) is 4. The van der Waals surface area contributed by atoms with Gasteiger partial charge in [-0.15, -0.1) is 0 Å². The summed E-state index contributed by atoms with van der Waals surface area (Å²) in [6, 6.07) is 11.0. The number of nitrogens with zero attached hydrogens (tertiary/aromatic N) is 3. The minimum atomic E-state index is -0.358. The van der Waals surface area contributed by atoms with E-state index in [2.05, 4.69) is 29.5 Å². The van der Waals surface area contributed by atoms with Gasteiger partial charge >= 0.3 is 0 Å². The highest BCUT2D eigenvalue weighted by molar-refractivity contribution is 6.10. The number of fused-ring (bicyclic) bond motifs is 5. The van der Waals surface area contributed by atoms with Crippen LogP contribution in [0.4, 0.5) is 5.69 Å². The average molecular weight is 375 g/mol. The van der Waals surface area contributed by atoms with E-state index < -0.39 is 0 Å². The third-order valence-corrected chi connectivity index (χ3v) is 5.95. The monoisotopic (exact) mass is 375 g/mol. The lowest BCUT2D eigenvalue weighted by molar-refractivity contribution is -0.384. The van der Waals surface area contributed by atoms with Crippen LogP contribution in [-0.4, -0.2) is 28.0 Å². The predicted octanol–water partition coefficient (Wildman–Crippen LogP) is 4.89. The normalized spacial score (nSPS) is 14.7. The van der Waals surface area contributed by atoms with Gasteiger partial charge in [0, 0.05) is 53.8 Å². The Morgan fingerprint density at radius 1 is 1.07 bits per heavy atom. The lowest BCUT2D eigenvalue weighted by Gasteiger charge is -2.24. The molecule has 0 amide bonds. The summed E-state index contributed by atoms with van der Waals surface area (Å²) in [5.41, 5.74) is 6.91. The van der Waals surface area contributed by atoms with Gasteiger partial charge in [0.05, 0.1) is 10.4 Å². The molecule has 5 rings (SSSR count). The molecular formula is C22H21N3O3. The molecule has 0 atom stereocenters. The van der Waals surface area contributed by atoms with Gasteiger partial charge in [0.2, 0.25) is 0 Å². The summed E-state index contributed by atoms with van der Waals surface area (Å²) >= 11 is 0. The number of furan rings is 1. The fourth-order valence-electron chi connectivity index (χ4n) is 4.46. The van der Waals surface area contributed by atoms with Crippen molar-refractivity contribution in [1.29, 1.82) is 0 Å². The van der Waals surface area contributed by atoms with Gasteiger partial charge in [-0.2, -0.15) is 0 Å². The molecule has 2 aromatic heterocycles. The molecule has 0 saturated carbocycles. The van der Waals surface area contributed by atoms with Gasteiger partial charge in [0.25, 0.3) is 5.69 Å². The maximum absolute atomic E-state index is 11.0. The lowest BCUT2D eigenvalue weighted by Crippen LogP contribution is -2.27. The second-order valence-corrected chi connectivity index (χ2v) is 7.64. The zero-order valence-electron chi connectivity index (χ0n) is 16.2. The molecule has 0 bridgehead atoms. The molecule has 1 aliphatic rings. The van der Waals surface area contributed by atoms with E-state index >= 15 is 0 Å². The standard InChI is InChI=1S/C22H21N3O3/c1-13-14(2)28-20-9-8-19-22(21(13)20)17-12-23(3)11-10-18(17)24(19)15-4-6-16(7-5-15)25(26)27/h4-9H,10-12H2,1-3H3. The molecule has 0 radical (unpaired) electrons. The molecule has 0 aliphatic carbocycles. The van der Waals surface area contributed by atoms with Crippen molar-refractivity contribution in [3.8, 4) is 5.69 Å². The Morgan fingerprint density at radius 2 is 1.82 bits per heavy atom. The largest absolute Gasteiger partial charge is 0.461 e. The van der Waals surface area contributed by atoms with E-state index in [4.69, 9.17) is 4.42 Å². The summed E-state index contributed by atoms with van der Waals surface area (Å²) in [5, 5.41) is 13.5. The van der Waals surface area contributed by atoms with Crippen molar-refractivity contribution >= 4 is 27.6 Å². The number of likely N-dealkylation sites (N-methyl/N-ethyl adjacent to an activating group) is 1. The first-order valence-corrected chi connectivity index (χ1v) is 9.44. The van der Waals surface area contributed by atoms with Crippen LogP contribution in [0, 0.1) is 24.0 Å². The smallest absolute Gasteiger partial charge is 0.269 e. The first-order valence-electron chi connectivity index (χ1n) is 9.44. The van der Waals surface area contributed by atoms with E-state index in [1.165, 1.54) is 27.6 Å². The maximum Gasteiger partial charge on any atom is 0.269 e. The Bertz CT molecular complexity index is 1250. The Balaban J connectivity index is 1.87. The quantitative estimate of drug-likeness (QED) is 0.370. The zero-order chi connectivity index (χ0) is 19.6. The van der Waals surface area contributed by atoms with Crippen LogP contribution in [-0.2, 0) is 13.0 Å². The molecule has 2 aromatic carbocycles. The van der Waals surface area contributed by atoms with Gasteiger partial charge in [-0.25, -0.2) is 0 Å². The molecule has 6 nitrogen and oxygen atoms in total. The number of hydrogen-bond donors (Lipinski definition) is 0. The van der Waals surface area contributed by atoms with E-state index in [0.717, 1.165) is 42.1 Å². The Kier molecular flexibility index (Phi) is 3.61. The fourth-order valence-corrected chi connectivity index (χ4v) is 4.46. The highest BCUT2D eigenvalue weighted by Crippen LogP contribution is 2.40. The minimum absolute atomic E-state index is 0.109. The first-order chi connectivity index (χ1) is 13.5. The molecule has 3 heterocycles. The van der Waals surface area contributed by atoms with Crippen molar-refractivity contribution in [1.82, 2.24) is 9.47 Å². The van der Waals surface area contributed by atoms with Crippen LogP contribution < -0.4 is 0 Å². The maximum atomic E-state index is 11.0. The van der Waals surface area contributed by atoms with Crippen LogP contribution in [0.15, 0.2) is 40.8 Å². The van der Waals surface area contributed by atoms with Gasteiger partial charge in [-0.1, -0.05) is 0 Å². The van der Waals surface area contributed by atoms with Gasteiger partial charge in [-0.3, -0.25) is 10.1 Å². The van der Waals surface area contributed by atoms with E-state index in [9.17, 15) is 10.1 Å². The molecule has 0 spiro atoms. The second kappa shape index (κ2) is 5.94. The number of aromatic nitrogens is 1. The molecule has 0 saturated heterocycles. The minimum Gasteiger partial charge on any atom is -0.461 e. The van der Waals surface area contributed by atoms with E-state index in [1.54, 1.807) is 12.1 Å². The molecule has 4 aromatic rings. The van der Waals surface area contributed by atoms with Crippen LogP contribution >= 0.6 is 0 Å². The van der Waals surface area contributed by atoms with Gasteiger partial charge in [0.15, 0.2) is 0 Å². The lowest BCUT2D eigenvalue weighted by atomic mass is 10.0. The number of nitro groups is 1. The van der Waals surface area contributed by atoms with Crippen LogP contribution in [0.1, 0.15) is 22.6 Å². The molecule has 142 valence electrons. The highest BCUT2D eigenvalue weighted by Gasteiger charge is 2.26. The molecule has 0 N–H and O–H groups in total. The van der Waals surface area contributed by atoms with Crippen molar-refractivity contribution in [2.45, 2.75) is 26.8 Å². The summed E-state index contributed by atoms with van der Waals surface area (Å²) in [6.45, 7) is 5.99. The molecular weight excluding hydrogens is 354 g/mol.